The standard InChI is InChI=1S/C18H26N2O/c1-13(12-19-2)18(21)20(15-10-11-15)17-9-5-7-14-6-3-4-8-16(14)17/h3-4,6,8,13,15,17,19H,5,7,9-12H2,1-2H3. The number of aryl methyl sites for hydroxylation is 1. The zero-order valence-electron chi connectivity index (χ0n) is 13.1. The molecule has 0 heterocycles. The van der Waals surface area contributed by atoms with Crippen LogP contribution in [0.15, 0.2) is 24.3 Å². The first kappa shape index (κ1) is 14.6. The molecule has 2 unspecified atom stereocenters. The molecule has 3 rings (SSSR count). The molecule has 2 atom stereocenters. The quantitative estimate of drug-likeness (QED) is 0.902. The Hall–Kier alpha value is -1.35. The number of fused-ring (bicyclic) bond motifs is 1. The fourth-order valence-electron chi connectivity index (χ4n) is 3.61. The third kappa shape index (κ3) is 2.98. The van der Waals surface area contributed by atoms with E-state index in [4.69, 9.17) is 0 Å². The Balaban J connectivity index is 1.87. The number of hydrogen-bond acceptors (Lipinski definition) is 2. The average molecular weight is 286 g/mol. The summed E-state index contributed by atoms with van der Waals surface area (Å²) in [5, 5.41) is 3.14. The molecule has 1 amide bonds. The van der Waals surface area contributed by atoms with Gasteiger partial charge in [-0.2, -0.15) is 0 Å². The number of benzene rings is 1. The second-order valence-corrected chi connectivity index (χ2v) is 6.54. The van der Waals surface area contributed by atoms with Gasteiger partial charge in [0.15, 0.2) is 0 Å². The number of rotatable bonds is 5. The molecule has 3 heteroatoms. The SMILES string of the molecule is CNCC(C)C(=O)N(C1CC1)C1CCCc2ccccc21. The molecule has 114 valence electrons. The first-order valence-electron chi connectivity index (χ1n) is 8.27. The molecule has 1 aromatic carbocycles. The summed E-state index contributed by atoms with van der Waals surface area (Å²) in [4.78, 5) is 15.1. The first-order chi connectivity index (χ1) is 10.2. The normalized spacial score (nSPS) is 22.5. The van der Waals surface area contributed by atoms with E-state index in [1.165, 1.54) is 30.4 Å². The molecule has 2 aliphatic carbocycles. The minimum atomic E-state index is 0.0599. The molecule has 0 aromatic heterocycles. The van der Waals surface area contributed by atoms with Crippen LogP contribution in [0.4, 0.5) is 0 Å². The van der Waals surface area contributed by atoms with Crippen molar-refractivity contribution in [1.82, 2.24) is 10.2 Å². The number of hydrogen-bond donors (Lipinski definition) is 1. The topological polar surface area (TPSA) is 32.3 Å². The Kier molecular flexibility index (Phi) is 4.29. The van der Waals surface area contributed by atoms with Crippen LogP contribution >= 0.6 is 0 Å². The van der Waals surface area contributed by atoms with Gasteiger partial charge in [-0.3, -0.25) is 4.79 Å². The fourth-order valence-corrected chi connectivity index (χ4v) is 3.61. The van der Waals surface area contributed by atoms with Crippen molar-refractivity contribution in [2.75, 3.05) is 13.6 Å². The van der Waals surface area contributed by atoms with E-state index >= 15 is 0 Å². The molecular weight excluding hydrogens is 260 g/mol. The van der Waals surface area contributed by atoms with E-state index in [0.29, 0.717) is 18.0 Å². The lowest BCUT2D eigenvalue weighted by molar-refractivity contribution is -0.138. The molecule has 1 N–H and O–H groups in total. The molecule has 0 spiro atoms. The Morgan fingerprint density at radius 2 is 2.10 bits per heavy atom. The largest absolute Gasteiger partial charge is 0.332 e. The number of nitrogens with one attached hydrogen (secondary N) is 1. The van der Waals surface area contributed by atoms with Crippen LogP contribution in [0.3, 0.4) is 0 Å². The maximum Gasteiger partial charge on any atom is 0.227 e. The van der Waals surface area contributed by atoms with Crippen molar-refractivity contribution in [3.05, 3.63) is 35.4 Å². The van der Waals surface area contributed by atoms with Gasteiger partial charge >= 0.3 is 0 Å². The number of carbonyl (C=O) groups is 1. The van der Waals surface area contributed by atoms with Crippen LogP contribution < -0.4 is 5.32 Å². The van der Waals surface area contributed by atoms with E-state index in [-0.39, 0.29) is 5.92 Å². The van der Waals surface area contributed by atoms with Crippen molar-refractivity contribution in [2.24, 2.45) is 5.92 Å². The Morgan fingerprint density at radius 3 is 2.81 bits per heavy atom. The van der Waals surface area contributed by atoms with Crippen LogP contribution in [0, 0.1) is 5.92 Å². The molecule has 0 aliphatic heterocycles. The summed E-state index contributed by atoms with van der Waals surface area (Å²) in [6.45, 7) is 2.80. The minimum absolute atomic E-state index is 0.0599. The van der Waals surface area contributed by atoms with Gasteiger partial charge in [0.1, 0.15) is 0 Å². The second-order valence-electron chi connectivity index (χ2n) is 6.54. The van der Waals surface area contributed by atoms with Crippen molar-refractivity contribution >= 4 is 5.91 Å². The van der Waals surface area contributed by atoms with E-state index in [1.807, 2.05) is 14.0 Å². The smallest absolute Gasteiger partial charge is 0.227 e. The zero-order chi connectivity index (χ0) is 14.8. The van der Waals surface area contributed by atoms with Gasteiger partial charge in [0.25, 0.3) is 0 Å². The van der Waals surface area contributed by atoms with Crippen molar-refractivity contribution in [3.63, 3.8) is 0 Å². The van der Waals surface area contributed by atoms with Gasteiger partial charge in [-0.05, 0) is 50.3 Å². The number of nitrogens with zero attached hydrogens (tertiary/aromatic N) is 1. The highest BCUT2D eigenvalue weighted by Crippen LogP contribution is 2.41. The molecule has 3 nitrogen and oxygen atoms in total. The maximum atomic E-state index is 12.9. The molecule has 1 fully saturated rings. The highest BCUT2D eigenvalue weighted by atomic mass is 16.2. The molecule has 0 saturated heterocycles. The van der Waals surface area contributed by atoms with Gasteiger partial charge in [-0.15, -0.1) is 0 Å². The number of amides is 1. The van der Waals surface area contributed by atoms with E-state index in [9.17, 15) is 4.79 Å². The zero-order valence-corrected chi connectivity index (χ0v) is 13.1. The summed E-state index contributed by atoms with van der Waals surface area (Å²) in [5.74, 6) is 0.387. The van der Waals surface area contributed by atoms with Crippen molar-refractivity contribution in [1.29, 1.82) is 0 Å². The summed E-state index contributed by atoms with van der Waals surface area (Å²) in [6.07, 6.45) is 5.82. The molecule has 2 aliphatic rings. The van der Waals surface area contributed by atoms with Crippen LogP contribution in [0.1, 0.15) is 49.8 Å². The molecular formula is C18H26N2O. The number of carbonyl (C=O) groups excluding carboxylic acids is 1. The van der Waals surface area contributed by atoms with E-state index in [0.717, 1.165) is 19.4 Å². The maximum absolute atomic E-state index is 12.9. The van der Waals surface area contributed by atoms with Gasteiger partial charge in [-0.25, -0.2) is 0 Å². The summed E-state index contributed by atoms with van der Waals surface area (Å²) in [7, 11) is 1.92. The van der Waals surface area contributed by atoms with Gasteiger partial charge in [0.2, 0.25) is 5.91 Å². The minimum Gasteiger partial charge on any atom is -0.332 e. The van der Waals surface area contributed by atoms with Crippen LogP contribution in [0.5, 0.6) is 0 Å². The van der Waals surface area contributed by atoms with E-state index < -0.39 is 0 Å². The van der Waals surface area contributed by atoms with Crippen LogP contribution in [0.25, 0.3) is 0 Å². The van der Waals surface area contributed by atoms with Crippen LogP contribution in [0.2, 0.25) is 0 Å². The predicted octanol–water partition coefficient (Wildman–Crippen LogP) is 2.91. The fraction of sp³-hybridized carbons (Fsp3) is 0.611. The lowest BCUT2D eigenvalue weighted by Crippen LogP contribution is -2.43. The highest BCUT2D eigenvalue weighted by Gasteiger charge is 2.40. The predicted molar refractivity (Wildman–Crippen MR) is 85.1 cm³/mol. The molecule has 21 heavy (non-hydrogen) atoms. The lowest BCUT2D eigenvalue weighted by atomic mass is 9.86. The molecule has 0 bridgehead atoms. The highest BCUT2D eigenvalue weighted by molar-refractivity contribution is 5.80. The van der Waals surface area contributed by atoms with Gasteiger partial charge in [0, 0.05) is 18.5 Å². The van der Waals surface area contributed by atoms with Crippen LogP contribution in [-0.4, -0.2) is 30.4 Å². The average Bonchev–Trinajstić information content (AvgIpc) is 3.33. The summed E-state index contributed by atoms with van der Waals surface area (Å²) < 4.78 is 0. The first-order valence-corrected chi connectivity index (χ1v) is 8.27. The Morgan fingerprint density at radius 1 is 1.33 bits per heavy atom. The van der Waals surface area contributed by atoms with Crippen molar-refractivity contribution in [2.45, 2.75) is 51.1 Å². The van der Waals surface area contributed by atoms with Crippen molar-refractivity contribution < 1.29 is 4.79 Å². The summed E-state index contributed by atoms with van der Waals surface area (Å²) in [6, 6.07) is 9.47. The van der Waals surface area contributed by atoms with Gasteiger partial charge in [0.05, 0.1) is 6.04 Å². The van der Waals surface area contributed by atoms with Crippen molar-refractivity contribution in [3.8, 4) is 0 Å². The third-order valence-corrected chi connectivity index (χ3v) is 4.80. The summed E-state index contributed by atoms with van der Waals surface area (Å²) >= 11 is 0. The second kappa shape index (κ2) is 6.18. The third-order valence-electron chi connectivity index (χ3n) is 4.80. The molecule has 0 radical (unpaired) electrons. The monoisotopic (exact) mass is 286 g/mol. The van der Waals surface area contributed by atoms with E-state index in [2.05, 4.69) is 34.5 Å². The van der Waals surface area contributed by atoms with Gasteiger partial charge in [-0.1, -0.05) is 31.2 Å². The lowest BCUT2D eigenvalue weighted by Gasteiger charge is -2.37. The Bertz CT molecular complexity index is 510. The summed E-state index contributed by atoms with van der Waals surface area (Å²) in [5.41, 5.74) is 2.83. The van der Waals surface area contributed by atoms with E-state index in [1.54, 1.807) is 0 Å². The molecule has 1 aromatic rings. The van der Waals surface area contributed by atoms with Gasteiger partial charge < -0.3 is 10.2 Å². The Labute approximate surface area is 127 Å². The van der Waals surface area contributed by atoms with Crippen LogP contribution in [-0.2, 0) is 11.2 Å². The molecule has 1 saturated carbocycles.